The molecule has 2 heterocycles. The number of amides is 1. The third kappa shape index (κ3) is 3.95. The van der Waals surface area contributed by atoms with Gasteiger partial charge in [-0.1, -0.05) is 12.1 Å². The fourth-order valence-electron chi connectivity index (χ4n) is 3.67. The van der Waals surface area contributed by atoms with E-state index in [-0.39, 0.29) is 11.9 Å². The predicted octanol–water partition coefficient (Wildman–Crippen LogP) is 1.86. The first-order valence-corrected chi connectivity index (χ1v) is 8.91. The van der Waals surface area contributed by atoms with E-state index < -0.39 is 0 Å². The number of nitriles is 1. The molecule has 5 nitrogen and oxygen atoms in total. The molecule has 1 aromatic carbocycles. The van der Waals surface area contributed by atoms with Crippen molar-refractivity contribution in [2.45, 2.75) is 25.8 Å². The summed E-state index contributed by atoms with van der Waals surface area (Å²) in [5.41, 5.74) is 1.88. The van der Waals surface area contributed by atoms with Crippen molar-refractivity contribution in [1.29, 1.82) is 5.26 Å². The minimum Gasteiger partial charge on any atom is -0.339 e. The number of carbonyl (C=O) groups excluding carboxylic acids is 1. The van der Waals surface area contributed by atoms with Gasteiger partial charge in [-0.25, -0.2) is 0 Å². The van der Waals surface area contributed by atoms with Crippen LogP contribution in [0.15, 0.2) is 24.3 Å². The van der Waals surface area contributed by atoms with E-state index in [0.29, 0.717) is 12.1 Å². The van der Waals surface area contributed by atoms with Gasteiger partial charge in [0.05, 0.1) is 18.2 Å². The molecule has 1 atom stereocenters. The van der Waals surface area contributed by atoms with Crippen molar-refractivity contribution in [3.63, 3.8) is 0 Å². The second-order valence-corrected chi connectivity index (χ2v) is 6.81. The Bertz CT molecular complexity index is 610. The lowest BCUT2D eigenvalue weighted by Gasteiger charge is -2.38. The predicted molar refractivity (Wildman–Crippen MR) is 93.4 cm³/mol. The maximum atomic E-state index is 12.4. The van der Waals surface area contributed by atoms with E-state index in [1.54, 1.807) is 0 Å². The zero-order valence-corrected chi connectivity index (χ0v) is 14.4. The average Bonchev–Trinajstić information content (AvgIpc) is 3.14. The van der Waals surface area contributed by atoms with Gasteiger partial charge in [0.15, 0.2) is 0 Å². The van der Waals surface area contributed by atoms with E-state index in [9.17, 15) is 4.79 Å². The van der Waals surface area contributed by atoms with Crippen LogP contribution in [0.4, 0.5) is 0 Å². The molecule has 0 N–H and O–H groups in total. The van der Waals surface area contributed by atoms with Crippen molar-refractivity contribution in [2.75, 3.05) is 45.8 Å². The Kier molecular flexibility index (Phi) is 5.49. The van der Waals surface area contributed by atoms with Crippen LogP contribution >= 0.6 is 0 Å². The molecule has 0 aromatic heterocycles. The Balaban J connectivity index is 1.52. The fourth-order valence-corrected chi connectivity index (χ4v) is 3.67. The van der Waals surface area contributed by atoms with Crippen LogP contribution in [-0.4, -0.2) is 66.4 Å². The van der Waals surface area contributed by atoms with Crippen LogP contribution in [0.2, 0.25) is 0 Å². The molecule has 0 aliphatic carbocycles. The smallest absolute Gasteiger partial charge is 0.236 e. The maximum Gasteiger partial charge on any atom is 0.236 e. The Hall–Kier alpha value is -1.90. The van der Waals surface area contributed by atoms with Crippen LogP contribution in [0.1, 0.15) is 36.9 Å². The van der Waals surface area contributed by atoms with E-state index in [0.717, 1.165) is 39.3 Å². The van der Waals surface area contributed by atoms with Crippen molar-refractivity contribution in [2.24, 2.45) is 0 Å². The number of benzene rings is 1. The number of rotatable bonds is 4. The van der Waals surface area contributed by atoms with E-state index in [2.05, 4.69) is 28.9 Å². The standard InChI is InChI=1S/C19H26N4O/c1-16(18-6-4-5-17(13-18)14-20)22-9-11-23(12-10-22)19(24)15-21-7-2-3-8-21/h4-6,13,16H,2-3,7-12,15H2,1H3/t16-/m0/s1. The van der Waals surface area contributed by atoms with Crippen LogP contribution in [0, 0.1) is 11.3 Å². The lowest BCUT2D eigenvalue weighted by molar-refractivity contribution is -0.134. The highest BCUT2D eigenvalue weighted by Gasteiger charge is 2.26. The quantitative estimate of drug-likeness (QED) is 0.847. The minimum atomic E-state index is 0.272. The lowest BCUT2D eigenvalue weighted by atomic mass is 10.0. The van der Waals surface area contributed by atoms with Gasteiger partial charge in [-0.15, -0.1) is 0 Å². The minimum absolute atomic E-state index is 0.272. The fraction of sp³-hybridized carbons (Fsp3) is 0.579. The monoisotopic (exact) mass is 326 g/mol. The summed E-state index contributed by atoms with van der Waals surface area (Å²) in [5, 5.41) is 9.06. The van der Waals surface area contributed by atoms with Gasteiger partial charge >= 0.3 is 0 Å². The Morgan fingerprint density at radius 3 is 2.54 bits per heavy atom. The lowest BCUT2D eigenvalue weighted by Crippen LogP contribution is -2.51. The van der Waals surface area contributed by atoms with Crippen LogP contribution in [0.5, 0.6) is 0 Å². The number of hydrogen-bond acceptors (Lipinski definition) is 4. The molecule has 0 bridgehead atoms. The third-order valence-electron chi connectivity index (χ3n) is 5.27. The number of piperazine rings is 1. The zero-order chi connectivity index (χ0) is 16.9. The number of nitrogens with zero attached hydrogens (tertiary/aromatic N) is 4. The SMILES string of the molecule is C[C@@H](c1cccc(C#N)c1)N1CCN(C(=O)CN2CCCC2)CC1. The highest BCUT2D eigenvalue weighted by molar-refractivity contribution is 5.78. The molecule has 2 aliphatic rings. The first kappa shape index (κ1) is 16.9. The molecule has 2 fully saturated rings. The molecule has 0 spiro atoms. The first-order chi connectivity index (χ1) is 11.7. The molecule has 128 valence electrons. The summed E-state index contributed by atoms with van der Waals surface area (Å²) in [6.45, 7) is 8.28. The van der Waals surface area contributed by atoms with Crippen molar-refractivity contribution in [3.8, 4) is 6.07 Å². The normalized spacial score (nSPS) is 20.8. The second-order valence-electron chi connectivity index (χ2n) is 6.81. The van der Waals surface area contributed by atoms with Gasteiger partial charge < -0.3 is 4.90 Å². The molecule has 5 heteroatoms. The topological polar surface area (TPSA) is 50.6 Å². The van der Waals surface area contributed by atoms with Gasteiger partial charge in [0.25, 0.3) is 0 Å². The van der Waals surface area contributed by atoms with Gasteiger partial charge in [-0.05, 0) is 50.6 Å². The molecule has 0 radical (unpaired) electrons. The van der Waals surface area contributed by atoms with Gasteiger partial charge in [0.1, 0.15) is 0 Å². The summed E-state index contributed by atoms with van der Waals surface area (Å²) in [6, 6.07) is 10.3. The van der Waals surface area contributed by atoms with Gasteiger partial charge in [-0.3, -0.25) is 14.6 Å². The molecule has 1 aromatic rings. The molecule has 0 unspecified atom stereocenters. The van der Waals surface area contributed by atoms with Crippen molar-refractivity contribution >= 4 is 5.91 Å². The first-order valence-electron chi connectivity index (χ1n) is 8.91. The highest BCUT2D eigenvalue weighted by Crippen LogP contribution is 2.22. The van der Waals surface area contributed by atoms with E-state index >= 15 is 0 Å². The summed E-state index contributed by atoms with van der Waals surface area (Å²) < 4.78 is 0. The molecule has 2 saturated heterocycles. The van der Waals surface area contributed by atoms with E-state index in [1.807, 2.05) is 23.1 Å². The molecule has 24 heavy (non-hydrogen) atoms. The van der Waals surface area contributed by atoms with E-state index in [4.69, 9.17) is 5.26 Å². The summed E-state index contributed by atoms with van der Waals surface area (Å²) in [7, 11) is 0. The largest absolute Gasteiger partial charge is 0.339 e. The molecule has 0 saturated carbocycles. The van der Waals surface area contributed by atoms with Gasteiger partial charge in [0.2, 0.25) is 5.91 Å². The van der Waals surface area contributed by atoms with Crippen LogP contribution in [-0.2, 0) is 4.79 Å². The Labute approximate surface area is 144 Å². The van der Waals surface area contributed by atoms with Crippen molar-refractivity contribution in [1.82, 2.24) is 14.7 Å². The third-order valence-corrected chi connectivity index (χ3v) is 5.27. The average molecular weight is 326 g/mol. The van der Waals surface area contributed by atoms with Gasteiger partial charge in [0, 0.05) is 32.2 Å². The zero-order valence-electron chi connectivity index (χ0n) is 14.4. The molecule has 1 amide bonds. The Morgan fingerprint density at radius 2 is 1.88 bits per heavy atom. The van der Waals surface area contributed by atoms with Crippen LogP contribution < -0.4 is 0 Å². The summed E-state index contributed by atoms with van der Waals surface area (Å²) in [5.74, 6) is 0.274. The molecule has 3 rings (SSSR count). The van der Waals surface area contributed by atoms with Gasteiger partial charge in [-0.2, -0.15) is 5.26 Å². The molecular weight excluding hydrogens is 300 g/mol. The van der Waals surface area contributed by atoms with E-state index in [1.165, 1.54) is 18.4 Å². The van der Waals surface area contributed by atoms with Crippen LogP contribution in [0.3, 0.4) is 0 Å². The summed E-state index contributed by atoms with van der Waals surface area (Å²) >= 11 is 0. The summed E-state index contributed by atoms with van der Waals surface area (Å²) in [4.78, 5) is 19.1. The Morgan fingerprint density at radius 1 is 1.17 bits per heavy atom. The van der Waals surface area contributed by atoms with Crippen molar-refractivity contribution < 1.29 is 4.79 Å². The number of likely N-dealkylation sites (tertiary alicyclic amines) is 1. The second kappa shape index (κ2) is 7.78. The number of hydrogen-bond donors (Lipinski definition) is 0. The van der Waals surface area contributed by atoms with Crippen LogP contribution in [0.25, 0.3) is 0 Å². The highest BCUT2D eigenvalue weighted by atomic mass is 16.2. The maximum absolute atomic E-state index is 12.4. The molecule has 2 aliphatic heterocycles. The van der Waals surface area contributed by atoms with Crippen molar-refractivity contribution in [3.05, 3.63) is 35.4 Å². The summed E-state index contributed by atoms with van der Waals surface area (Å²) in [6.07, 6.45) is 2.45. The molecular formula is C19H26N4O. The number of carbonyl (C=O) groups is 1.